The molecule has 0 aromatic heterocycles. The topological polar surface area (TPSA) is 96.4 Å². The largest absolute Gasteiger partial charge is 0.465 e. The number of esters is 1. The maximum atomic E-state index is 15.0. The lowest BCUT2D eigenvalue weighted by atomic mass is 9.62. The lowest BCUT2D eigenvalue weighted by Crippen LogP contribution is -2.57. The number of fused-ring (bicyclic) bond motifs is 1. The van der Waals surface area contributed by atoms with Crippen molar-refractivity contribution in [3.8, 4) is 0 Å². The first-order valence-corrected chi connectivity index (χ1v) is 15.0. The van der Waals surface area contributed by atoms with E-state index >= 15 is 4.79 Å². The monoisotopic (exact) mass is 586 g/mol. The predicted octanol–water partition coefficient (Wildman–Crippen LogP) is 4.69. The van der Waals surface area contributed by atoms with Gasteiger partial charge >= 0.3 is 5.97 Å². The van der Waals surface area contributed by atoms with Crippen LogP contribution in [0.4, 0.5) is 5.69 Å². The third kappa shape index (κ3) is 4.81. The van der Waals surface area contributed by atoms with E-state index < -0.39 is 47.7 Å². The molecular formula is C35H42N2O6. The minimum Gasteiger partial charge on any atom is -0.465 e. The Labute approximate surface area is 254 Å². The molecule has 3 fully saturated rings. The second-order valence-electron chi connectivity index (χ2n) is 12.3. The molecule has 8 heteroatoms. The van der Waals surface area contributed by atoms with Gasteiger partial charge in [0.15, 0.2) is 0 Å². The summed E-state index contributed by atoms with van der Waals surface area (Å²) in [5.41, 5.74) is 0.993. The molecular weight excluding hydrogens is 544 g/mol. The summed E-state index contributed by atoms with van der Waals surface area (Å²) in [6.07, 6.45) is 4.22. The minimum atomic E-state index is -1.29. The Morgan fingerprint density at radius 2 is 1.91 bits per heavy atom. The van der Waals surface area contributed by atoms with Crippen molar-refractivity contribution >= 4 is 23.5 Å². The van der Waals surface area contributed by atoms with Crippen LogP contribution in [-0.4, -0.2) is 64.8 Å². The first-order chi connectivity index (χ1) is 20.5. The number of rotatable bonds is 11. The van der Waals surface area contributed by atoms with E-state index in [0.717, 1.165) is 11.1 Å². The molecule has 3 aliphatic rings. The van der Waals surface area contributed by atoms with Crippen LogP contribution >= 0.6 is 0 Å². The van der Waals surface area contributed by atoms with Crippen LogP contribution in [-0.2, 0) is 23.9 Å². The van der Waals surface area contributed by atoms with Crippen LogP contribution in [0.1, 0.15) is 49.4 Å². The summed E-state index contributed by atoms with van der Waals surface area (Å²) in [4.78, 5) is 46.6. The fourth-order valence-electron chi connectivity index (χ4n) is 7.61. The first kappa shape index (κ1) is 30.7. The lowest BCUT2D eigenvalue weighted by Gasteiger charge is -2.40. The molecule has 0 aliphatic carbocycles. The highest BCUT2D eigenvalue weighted by atomic mass is 16.6. The number of benzene rings is 2. The molecule has 3 unspecified atom stereocenters. The first-order valence-electron chi connectivity index (χ1n) is 15.0. The molecule has 2 aromatic rings. The maximum absolute atomic E-state index is 15.0. The number of ether oxygens (including phenoxy) is 2. The van der Waals surface area contributed by atoms with E-state index in [4.69, 9.17) is 9.47 Å². The van der Waals surface area contributed by atoms with Gasteiger partial charge in [-0.3, -0.25) is 14.4 Å². The Kier molecular flexibility index (Phi) is 8.38. The summed E-state index contributed by atoms with van der Waals surface area (Å²) in [7, 11) is 0. The average molecular weight is 587 g/mol. The molecule has 1 N–H and O–H groups in total. The number of aliphatic hydroxyl groups is 1. The van der Waals surface area contributed by atoms with Gasteiger partial charge in [-0.1, -0.05) is 61.5 Å². The van der Waals surface area contributed by atoms with E-state index in [-0.39, 0.29) is 30.9 Å². The smallest absolute Gasteiger partial charge is 0.312 e. The molecule has 2 amide bonds. The van der Waals surface area contributed by atoms with E-state index in [1.165, 1.54) is 4.90 Å². The fourth-order valence-corrected chi connectivity index (χ4v) is 7.61. The van der Waals surface area contributed by atoms with Crippen LogP contribution in [0.25, 0.3) is 0 Å². The molecule has 1 spiro atoms. The molecule has 7 atom stereocenters. The van der Waals surface area contributed by atoms with Gasteiger partial charge in [-0.2, -0.15) is 0 Å². The van der Waals surface area contributed by atoms with E-state index in [9.17, 15) is 14.7 Å². The summed E-state index contributed by atoms with van der Waals surface area (Å²) in [5.74, 6) is -3.22. The molecule has 8 nitrogen and oxygen atoms in total. The highest BCUT2D eigenvalue weighted by Crippen LogP contribution is 2.66. The van der Waals surface area contributed by atoms with Gasteiger partial charge in [0.1, 0.15) is 17.6 Å². The second kappa shape index (κ2) is 11.7. The normalized spacial score (nSPS) is 29.7. The lowest BCUT2D eigenvalue weighted by molar-refractivity contribution is -0.162. The Bertz CT molecular complexity index is 1420. The Balaban J connectivity index is 1.68. The third-order valence-corrected chi connectivity index (χ3v) is 9.73. The predicted molar refractivity (Wildman–Crippen MR) is 164 cm³/mol. The molecule has 3 heterocycles. The van der Waals surface area contributed by atoms with Crippen molar-refractivity contribution < 1.29 is 29.0 Å². The number of carbonyl (C=O) groups excluding carboxylic acids is 3. The van der Waals surface area contributed by atoms with Gasteiger partial charge in [0.25, 0.3) is 5.91 Å². The molecule has 3 aliphatic heterocycles. The van der Waals surface area contributed by atoms with E-state index in [2.05, 4.69) is 13.2 Å². The highest BCUT2D eigenvalue weighted by Gasteiger charge is 2.81. The molecule has 3 saturated heterocycles. The Morgan fingerprint density at radius 1 is 1.19 bits per heavy atom. The molecule has 5 rings (SSSR count). The zero-order valence-electron chi connectivity index (χ0n) is 25.5. The number of hydrogen-bond donors (Lipinski definition) is 1. The van der Waals surface area contributed by atoms with Crippen molar-refractivity contribution in [1.29, 1.82) is 0 Å². The molecule has 2 bridgehead atoms. The fraction of sp³-hybridized carbons (Fsp3) is 0.457. The number of aryl methyl sites for hydroxylation is 2. The minimum absolute atomic E-state index is 0.137. The number of hydrogen-bond acceptors (Lipinski definition) is 6. The van der Waals surface area contributed by atoms with Crippen LogP contribution < -0.4 is 4.90 Å². The van der Waals surface area contributed by atoms with Crippen LogP contribution in [0.2, 0.25) is 0 Å². The van der Waals surface area contributed by atoms with Crippen molar-refractivity contribution in [2.75, 3.05) is 24.7 Å². The summed E-state index contributed by atoms with van der Waals surface area (Å²) in [6, 6.07) is 13.2. The van der Waals surface area contributed by atoms with Gasteiger partial charge in [-0.15, -0.1) is 13.2 Å². The van der Waals surface area contributed by atoms with Crippen LogP contribution in [0.3, 0.4) is 0 Å². The average Bonchev–Trinajstić information content (AvgIpc) is 3.50. The molecule has 0 radical (unpaired) electrons. The van der Waals surface area contributed by atoms with Crippen molar-refractivity contribution in [3.05, 3.63) is 90.5 Å². The molecule has 43 heavy (non-hydrogen) atoms. The zero-order chi connectivity index (χ0) is 31.1. The molecule has 0 saturated carbocycles. The number of aliphatic hydroxyl groups excluding tert-OH is 1. The van der Waals surface area contributed by atoms with Gasteiger partial charge in [-0.05, 0) is 62.3 Å². The van der Waals surface area contributed by atoms with Crippen molar-refractivity contribution in [1.82, 2.24) is 4.90 Å². The summed E-state index contributed by atoms with van der Waals surface area (Å²) < 4.78 is 12.5. The Morgan fingerprint density at radius 3 is 2.56 bits per heavy atom. The van der Waals surface area contributed by atoms with Gasteiger partial charge in [0.2, 0.25) is 5.91 Å². The summed E-state index contributed by atoms with van der Waals surface area (Å²) in [5, 5.41) is 10.8. The van der Waals surface area contributed by atoms with Gasteiger partial charge in [0, 0.05) is 12.2 Å². The SMILES string of the molecule is C=CCCOC(=O)[C@H]1[C@H]2C(=O)N([C@H](CO)c3ccccc3)C(C(=O)N(CC=C)c3cc(C)ccc3C)C23CC(C)[C@]1(C)O3. The van der Waals surface area contributed by atoms with Crippen molar-refractivity contribution in [3.63, 3.8) is 0 Å². The zero-order valence-corrected chi connectivity index (χ0v) is 25.5. The van der Waals surface area contributed by atoms with Gasteiger partial charge in [-0.25, -0.2) is 0 Å². The van der Waals surface area contributed by atoms with Gasteiger partial charge < -0.3 is 24.4 Å². The number of nitrogens with zero attached hydrogens (tertiary/aromatic N) is 2. The van der Waals surface area contributed by atoms with Crippen LogP contribution in [0.5, 0.6) is 0 Å². The van der Waals surface area contributed by atoms with E-state index in [1.807, 2.05) is 76.2 Å². The number of carbonyl (C=O) groups is 3. The number of anilines is 1. The number of likely N-dealkylation sites (tertiary alicyclic amines) is 1. The highest BCUT2D eigenvalue weighted by molar-refractivity contribution is 6.05. The maximum Gasteiger partial charge on any atom is 0.312 e. The summed E-state index contributed by atoms with van der Waals surface area (Å²) in [6.45, 7) is 15.3. The van der Waals surface area contributed by atoms with E-state index in [0.29, 0.717) is 24.1 Å². The quantitative estimate of drug-likeness (QED) is 0.233. The summed E-state index contributed by atoms with van der Waals surface area (Å²) >= 11 is 0. The number of amides is 2. The molecule has 228 valence electrons. The van der Waals surface area contributed by atoms with E-state index in [1.54, 1.807) is 17.1 Å². The Hall–Kier alpha value is -3.75. The molecule has 2 aromatic carbocycles. The second-order valence-corrected chi connectivity index (χ2v) is 12.3. The van der Waals surface area contributed by atoms with Crippen LogP contribution in [0.15, 0.2) is 73.8 Å². The van der Waals surface area contributed by atoms with Gasteiger partial charge in [0.05, 0.1) is 30.8 Å². The van der Waals surface area contributed by atoms with Crippen molar-refractivity contribution in [2.45, 2.75) is 63.8 Å². The third-order valence-electron chi connectivity index (χ3n) is 9.73. The van der Waals surface area contributed by atoms with Crippen molar-refractivity contribution in [2.24, 2.45) is 17.8 Å². The van der Waals surface area contributed by atoms with Crippen LogP contribution in [0, 0.1) is 31.6 Å². The standard InChI is InChI=1S/C35H42N2O6/c1-7-9-18-42-33(41)29-28-31(39)37(27(21-38)25-13-11-10-12-14-25)30(35(28)20-24(5)34(29,6)43-35)32(40)36(17-8-2)26-19-22(3)15-16-23(26)4/h7-8,10-16,19,24,27-30,38H,1-2,9,17-18,20-21H2,3-6H3/t24?,27-,28+,29-,30?,34+,35?/m1/s1.